The summed E-state index contributed by atoms with van der Waals surface area (Å²) in [4.78, 5) is 22.8. The minimum Gasteiger partial charge on any atom is -0.495 e. The van der Waals surface area contributed by atoms with Crippen LogP contribution in [0.2, 0.25) is 0 Å². The molecule has 1 amide bonds. The summed E-state index contributed by atoms with van der Waals surface area (Å²) in [5, 5.41) is 9.75. The third-order valence-corrected chi connectivity index (χ3v) is 8.20. The number of nitrogens with one attached hydrogen (secondary N) is 1. The number of hydrogen-bond acceptors (Lipinski definition) is 5. The highest BCUT2D eigenvalue weighted by atomic mass is 32.2. The number of hydrogen-bond donors (Lipinski definition) is 1. The Kier molecular flexibility index (Phi) is 6.35. The number of ether oxygens (including phenoxy) is 1. The summed E-state index contributed by atoms with van der Waals surface area (Å²) in [6.45, 7) is 9.10. The topological polar surface area (TPSA) is 91.3 Å². The zero-order valence-electron chi connectivity index (χ0n) is 20.7. The van der Waals surface area contributed by atoms with Gasteiger partial charge in [-0.05, 0) is 13.0 Å². The van der Waals surface area contributed by atoms with Crippen LogP contribution in [0.3, 0.4) is 0 Å². The Bertz CT molecular complexity index is 1390. The molecule has 0 radical (unpaired) electrons. The molecule has 0 spiro atoms. The fraction of sp³-hybridized carbons (Fsp3) is 0.375. The van der Waals surface area contributed by atoms with Crippen LogP contribution in [0.25, 0.3) is 17.0 Å². The van der Waals surface area contributed by atoms with Crippen LogP contribution in [0.15, 0.2) is 41.8 Å². The number of imidazole rings is 2. The smallest absolute Gasteiger partial charge is 0.269 e. The first-order valence-electron chi connectivity index (χ1n) is 11.0. The zero-order valence-corrected chi connectivity index (χ0v) is 21.5. The van der Waals surface area contributed by atoms with Crippen LogP contribution in [-0.4, -0.2) is 51.8 Å². The van der Waals surface area contributed by atoms with Crippen molar-refractivity contribution in [3.8, 4) is 17.1 Å². The third-order valence-electron chi connectivity index (χ3n) is 5.63. The van der Waals surface area contributed by atoms with E-state index in [1.165, 1.54) is 0 Å². The molecule has 4 rings (SSSR count). The second-order valence-electron chi connectivity index (χ2n) is 8.94. The van der Waals surface area contributed by atoms with Crippen molar-refractivity contribution < 1.29 is 9.53 Å². The zero-order chi connectivity index (χ0) is 24.6. The minimum absolute atomic E-state index is 0.0416. The molecule has 1 N–H and O–H groups in total. The Hall–Kier alpha value is -3.40. The van der Waals surface area contributed by atoms with Gasteiger partial charge < -0.3 is 14.6 Å². The second kappa shape index (κ2) is 9.09. The molecule has 0 aliphatic rings. The number of carbonyl (C=O) groups excluding carboxylic acids is 1. The van der Waals surface area contributed by atoms with Gasteiger partial charge in [0, 0.05) is 43.5 Å². The number of rotatable bonds is 6. The number of methoxy groups -OCH3 is 1. The Labute approximate surface area is 201 Å². The summed E-state index contributed by atoms with van der Waals surface area (Å²) >= 11 is 0. The van der Waals surface area contributed by atoms with Gasteiger partial charge in [-0.2, -0.15) is 5.10 Å². The van der Waals surface area contributed by atoms with Gasteiger partial charge >= 0.3 is 0 Å². The first kappa shape index (κ1) is 23.7. The fourth-order valence-corrected chi connectivity index (χ4v) is 6.13. The van der Waals surface area contributed by atoms with Crippen molar-refractivity contribution in [1.29, 1.82) is 0 Å². The molecular formula is C24H31N7O2S. The lowest BCUT2D eigenvalue weighted by atomic mass is 10.3. The summed E-state index contributed by atoms with van der Waals surface area (Å²) in [5.41, 5.74) is 2.70. The van der Waals surface area contributed by atoms with Crippen molar-refractivity contribution in [3.63, 3.8) is 0 Å². The van der Waals surface area contributed by atoms with E-state index >= 15 is 0 Å². The van der Waals surface area contributed by atoms with Crippen molar-refractivity contribution in [2.75, 3.05) is 7.11 Å². The van der Waals surface area contributed by atoms with E-state index in [9.17, 15) is 4.79 Å². The van der Waals surface area contributed by atoms with Crippen LogP contribution in [0.4, 0.5) is 0 Å². The summed E-state index contributed by atoms with van der Waals surface area (Å²) in [6.07, 6.45) is 7.42. The van der Waals surface area contributed by atoms with Crippen molar-refractivity contribution in [1.82, 2.24) is 34.0 Å². The van der Waals surface area contributed by atoms with Gasteiger partial charge in [-0.1, -0.05) is 26.1 Å². The number of aromatic nitrogens is 6. The van der Waals surface area contributed by atoms with Gasteiger partial charge in [-0.15, -0.1) is 10.5 Å². The Morgan fingerprint density at radius 3 is 2.62 bits per heavy atom. The van der Waals surface area contributed by atoms with Gasteiger partial charge in [-0.25, -0.2) is 9.97 Å². The van der Waals surface area contributed by atoms with Crippen molar-refractivity contribution >= 4 is 27.4 Å². The van der Waals surface area contributed by atoms with Gasteiger partial charge in [0.15, 0.2) is 0 Å². The molecule has 4 aromatic heterocycles. The summed E-state index contributed by atoms with van der Waals surface area (Å²) < 4.78 is 11.2. The average molecular weight is 482 g/mol. The molecule has 34 heavy (non-hydrogen) atoms. The average Bonchev–Trinajstić information content (AvgIpc) is 3.48. The lowest BCUT2D eigenvalue weighted by Crippen LogP contribution is -2.26. The Morgan fingerprint density at radius 1 is 1.24 bits per heavy atom. The molecule has 0 fully saturated rings. The van der Waals surface area contributed by atoms with Gasteiger partial charge in [0.2, 0.25) is 0 Å². The number of fused-ring (bicyclic) bond motifs is 1. The van der Waals surface area contributed by atoms with E-state index in [0.717, 1.165) is 27.8 Å². The Balaban J connectivity index is 1.71. The number of aryl methyl sites for hydroxylation is 2. The monoisotopic (exact) mass is 481 g/mol. The van der Waals surface area contributed by atoms with Crippen LogP contribution in [-0.2, 0) is 20.6 Å². The number of nitrogens with zero attached hydrogens (tertiary/aromatic N) is 6. The van der Waals surface area contributed by atoms with Gasteiger partial charge in [0.1, 0.15) is 28.6 Å². The SMILES string of the molecule is C/C=S(/c1cn2c(-c3cc(C(=O)NCc4nccn4C)n(C)n3)cnc2cc1OC)C(C)(C)C. The molecule has 180 valence electrons. The fourth-order valence-electron chi connectivity index (χ4n) is 3.93. The molecule has 4 aromatic rings. The number of amides is 1. The van der Waals surface area contributed by atoms with E-state index in [4.69, 9.17) is 4.74 Å². The van der Waals surface area contributed by atoms with E-state index in [-0.39, 0.29) is 21.1 Å². The van der Waals surface area contributed by atoms with Gasteiger partial charge in [0.05, 0.1) is 30.4 Å². The summed E-state index contributed by atoms with van der Waals surface area (Å²) in [6, 6.07) is 3.74. The molecule has 0 saturated heterocycles. The van der Waals surface area contributed by atoms with Crippen LogP contribution < -0.4 is 10.1 Å². The molecule has 0 aliphatic heterocycles. The largest absolute Gasteiger partial charge is 0.495 e. The predicted octanol–water partition coefficient (Wildman–Crippen LogP) is 3.66. The molecule has 10 heteroatoms. The molecule has 1 unspecified atom stereocenters. The van der Waals surface area contributed by atoms with E-state index in [1.807, 2.05) is 28.3 Å². The van der Waals surface area contributed by atoms with Crippen LogP contribution in [0.1, 0.15) is 44.0 Å². The molecule has 0 aliphatic carbocycles. The second-order valence-corrected chi connectivity index (χ2v) is 11.8. The van der Waals surface area contributed by atoms with E-state index in [2.05, 4.69) is 59.6 Å². The number of pyridine rings is 1. The maximum atomic E-state index is 12.8. The molecule has 0 saturated carbocycles. The Morgan fingerprint density at radius 2 is 2.00 bits per heavy atom. The van der Waals surface area contributed by atoms with Crippen LogP contribution in [0.5, 0.6) is 5.75 Å². The van der Waals surface area contributed by atoms with Crippen LogP contribution in [0, 0.1) is 0 Å². The standard InChI is InChI=1S/C24H31N7O2S/c1-8-34(24(2,3)4)20-15-31-18(13-26-21(31)12-19(20)33-7)16-11-17(30(6)28-16)23(32)27-14-22-25-9-10-29(22)5/h8-13,15H,14H2,1-7H3,(H,27,32). The highest BCUT2D eigenvalue weighted by Crippen LogP contribution is 2.44. The maximum Gasteiger partial charge on any atom is 0.269 e. The molecule has 1 atom stereocenters. The lowest BCUT2D eigenvalue weighted by molar-refractivity contribution is 0.0940. The number of carbonyl (C=O) groups is 1. The first-order valence-corrected chi connectivity index (χ1v) is 12.3. The highest BCUT2D eigenvalue weighted by Gasteiger charge is 2.23. The van der Waals surface area contributed by atoms with Crippen LogP contribution >= 0.6 is 10.5 Å². The first-order chi connectivity index (χ1) is 16.1. The minimum atomic E-state index is -0.213. The van der Waals surface area contributed by atoms with E-state index < -0.39 is 0 Å². The van der Waals surface area contributed by atoms with Gasteiger partial charge in [-0.3, -0.25) is 13.9 Å². The molecule has 0 bridgehead atoms. The van der Waals surface area contributed by atoms with Crippen molar-refractivity contribution in [2.24, 2.45) is 14.1 Å². The molecule has 9 nitrogen and oxygen atoms in total. The summed E-state index contributed by atoms with van der Waals surface area (Å²) in [5.74, 6) is 1.38. The van der Waals surface area contributed by atoms with Crippen molar-refractivity contribution in [2.45, 2.75) is 43.9 Å². The third kappa shape index (κ3) is 4.37. The lowest BCUT2D eigenvalue weighted by Gasteiger charge is -2.26. The molecule has 4 heterocycles. The van der Waals surface area contributed by atoms with Crippen molar-refractivity contribution in [3.05, 3.63) is 48.4 Å². The highest BCUT2D eigenvalue weighted by molar-refractivity contribution is 8.16. The van der Waals surface area contributed by atoms with E-state index in [0.29, 0.717) is 17.9 Å². The van der Waals surface area contributed by atoms with Gasteiger partial charge in [0.25, 0.3) is 5.91 Å². The van der Waals surface area contributed by atoms with E-state index in [1.54, 1.807) is 37.3 Å². The normalized spacial score (nSPS) is 12.9. The molecule has 0 aromatic carbocycles. The predicted molar refractivity (Wildman–Crippen MR) is 136 cm³/mol. The maximum absolute atomic E-state index is 12.8. The molecular weight excluding hydrogens is 450 g/mol. The quantitative estimate of drug-likeness (QED) is 0.425. The summed E-state index contributed by atoms with van der Waals surface area (Å²) in [7, 11) is 5.20.